The molecule has 0 aliphatic heterocycles. The standard InChI is InChI=1S/C14H20N4O3/c1-5-20-14(19)10(6-9(2)3)13-16-12(17-21-13)11-7-15-8-18(11)4/h7-10H,5-6H2,1-4H3. The number of ether oxygens (including phenoxy) is 1. The maximum atomic E-state index is 12.1. The summed E-state index contributed by atoms with van der Waals surface area (Å²) in [5.41, 5.74) is 0.733. The largest absolute Gasteiger partial charge is 0.465 e. The summed E-state index contributed by atoms with van der Waals surface area (Å²) in [6.45, 7) is 6.17. The van der Waals surface area contributed by atoms with Crippen molar-refractivity contribution >= 4 is 5.97 Å². The summed E-state index contributed by atoms with van der Waals surface area (Å²) >= 11 is 0. The van der Waals surface area contributed by atoms with E-state index in [1.165, 1.54) is 0 Å². The summed E-state index contributed by atoms with van der Waals surface area (Å²) < 4.78 is 12.2. The molecule has 0 aliphatic carbocycles. The Morgan fingerprint density at radius 1 is 1.48 bits per heavy atom. The summed E-state index contributed by atoms with van der Waals surface area (Å²) in [5, 5.41) is 3.94. The van der Waals surface area contributed by atoms with Gasteiger partial charge in [0.15, 0.2) is 0 Å². The lowest BCUT2D eigenvalue weighted by atomic mass is 9.97. The van der Waals surface area contributed by atoms with Crippen molar-refractivity contribution in [2.24, 2.45) is 13.0 Å². The van der Waals surface area contributed by atoms with Gasteiger partial charge in [-0.1, -0.05) is 19.0 Å². The second-order valence-electron chi connectivity index (χ2n) is 5.28. The van der Waals surface area contributed by atoms with Crippen molar-refractivity contribution < 1.29 is 14.1 Å². The first-order chi connectivity index (χ1) is 10.0. The zero-order chi connectivity index (χ0) is 15.4. The average molecular weight is 292 g/mol. The smallest absolute Gasteiger partial charge is 0.318 e. The SMILES string of the molecule is CCOC(=O)C(CC(C)C)c1nc(-c2cncn2C)no1. The first kappa shape index (κ1) is 15.2. The van der Waals surface area contributed by atoms with Gasteiger partial charge in [0, 0.05) is 7.05 Å². The Balaban J connectivity index is 2.27. The maximum Gasteiger partial charge on any atom is 0.318 e. The van der Waals surface area contributed by atoms with Gasteiger partial charge < -0.3 is 13.8 Å². The number of esters is 1. The highest BCUT2D eigenvalue weighted by Gasteiger charge is 2.29. The van der Waals surface area contributed by atoms with Crippen LogP contribution in [0.2, 0.25) is 0 Å². The van der Waals surface area contributed by atoms with Crippen LogP contribution in [0.3, 0.4) is 0 Å². The predicted molar refractivity (Wildman–Crippen MR) is 75.3 cm³/mol. The molecule has 0 aliphatic rings. The number of nitrogens with zero attached hydrogens (tertiary/aromatic N) is 4. The number of hydrogen-bond acceptors (Lipinski definition) is 6. The minimum absolute atomic E-state index is 0.290. The maximum absolute atomic E-state index is 12.1. The second-order valence-corrected chi connectivity index (χ2v) is 5.28. The van der Waals surface area contributed by atoms with E-state index in [9.17, 15) is 4.79 Å². The topological polar surface area (TPSA) is 83.0 Å². The van der Waals surface area contributed by atoms with Crippen LogP contribution in [0.15, 0.2) is 17.0 Å². The molecule has 2 rings (SSSR count). The molecule has 0 aromatic carbocycles. The van der Waals surface area contributed by atoms with Gasteiger partial charge in [-0.15, -0.1) is 0 Å². The van der Waals surface area contributed by atoms with Crippen LogP contribution >= 0.6 is 0 Å². The van der Waals surface area contributed by atoms with Crippen LogP contribution in [0.25, 0.3) is 11.5 Å². The molecule has 114 valence electrons. The van der Waals surface area contributed by atoms with Gasteiger partial charge in [0.25, 0.3) is 0 Å². The molecule has 0 radical (unpaired) electrons. The third-order valence-electron chi connectivity index (χ3n) is 3.06. The van der Waals surface area contributed by atoms with E-state index in [4.69, 9.17) is 9.26 Å². The molecule has 0 amide bonds. The Morgan fingerprint density at radius 3 is 2.81 bits per heavy atom. The molecule has 7 heteroatoms. The highest BCUT2D eigenvalue weighted by atomic mass is 16.5. The lowest BCUT2D eigenvalue weighted by Crippen LogP contribution is -2.18. The van der Waals surface area contributed by atoms with Crippen molar-refractivity contribution in [2.75, 3.05) is 6.61 Å². The fourth-order valence-corrected chi connectivity index (χ4v) is 2.07. The molecule has 0 N–H and O–H groups in total. The molecule has 0 saturated carbocycles. The van der Waals surface area contributed by atoms with Crippen LogP contribution in [0, 0.1) is 5.92 Å². The Kier molecular flexibility index (Phi) is 4.72. The van der Waals surface area contributed by atoms with E-state index in [-0.39, 0.29) is 5.97 Å². The summed E-state index contributed by atoms with van der Waals surface area (Å²) in [4.78, 5) is 20.4. The van der Waals surface area contributed by atoms with Crippen LogP contribution in [-0.2, 0) is 16.6 Å². The molecule has 7 nitrogen and oxygen atoms in total. The Bertz CT molecular complexity index is 603. The van der Waals surface area contributed by atoms with Crippen molar-refractivity contribution in [3.8, 4) is 11.5 Å². The van der Waals surface area contributed by atoms with Crippen molar-refractivity contribution in [1.29, 1.82) is 0 Å². The first-order valence-corrected chi connectivity index (χ1v) is 6.99. The van der Waals surface area contributed by atoms with Gasteiger partial charge >= 0.3 is 5.97 Å². The van der Waals surface area contributed by atoms with E-state index < -0.39 is 5.92 Å². The van der Waals surface area contributed by atoms with E-state index in [0.717, 1.165) is 5.69 Å². The van der Waals surface area contributed by atoms with Gasteiger partial charge in [0.1, 0.15) is 11.6 Å². The third-order valence-corrected chi connectivity index (χ3v) is 3.06. The fourth-order valence-electron chi connectivity index (χ4n) is 2.07. The normalized spacial score (nSPS) is 12.6. The van der Waals surface area contributed by atoms with E-state index >= 15 is 0 Å². The summed E-state index contributed by atoms with van der Waals surface area (Å²) in [7, 11) is 1.84. The highest BCUT2D eigenvalue weighted by molar-refractivity contribution is 5.76. The minimum Gasteiger partial charge on any atom is -0.465 e. The number of hydrogen-bond donors (Lipinski definition) is 0. The number of carbonyl (C=O) groups excluding carboxylic acids is 1. The van der Waals surface area contributed by atoms with Crippen molar-refractivity contribution in [3.63, 3.8) is 0 Å². The molecular formula is C14H20N4O3. The van der Waals surface area contributed by atoms with Crippen LogP contribution in [0.4, 0.5) is 0 Å². The zero-order valence-electron chi connectivity index (χ0n) is 12.7. The van der Waals surface area contributed by atoms with Crippen molar-refractivity contribution in [1.82, 2.24) is 19.7 Å². The average Bonchev–Trinajstić information content (AvgIpc) is 3.04. The monoisotopic (exact) mass is 292 g/mol. The summed E-state index contributed by atoms with van der Waals surface area (Å²) in [6, 6.07) is 0. The number of aromatic nitrogens is 4. The fraction of sp³-hybridized carbons (Fsp3) is 0.571. The molecule has 1 unspecified atom stereocenters. The van der Waals surface area contributed by atoms with E-state index in [2.05, 4.69) is 15.1 Å². The summed E-state index contributed by atoms with van der Waals surface area (Å²) in [5.74, 6) is 0.165. The molecule has 0 saturated heterocycles. The zero-order valence-corrected chi connectivity index (χ0v) is 12.7. The van der Waals surface area contributed by atoms with Gasteiger partial charge in [-0.3, -0.25) is 4.79 Å². The van der Waals surface area contributed by atoms with Crippen LogP contribution in [0.5, 0.6) is 0 Å². The molecule has 1 atom stereocenters. The number of carbonyl (C=O) groups is 1. The van der Waals surface area contributed by atoms with E-state index in [0.29, 0.717) is 30.7 Å². The lowest BCUT2D eigenvalue weighted by Gasteiger charge is -2.13. The van der Waals surface area contributed by atoms with Crippen molar-refractivity contribution in [2.45, 2.75) is 33.1 Å². The van der Waals surface area contributed by atoms with E-state index in [1.54, 1.807) is 24.0 Å². The molecule has 2 aromatic rings. The predicted octanol–water partition coefficient (Wildman–Crippen LogP) is 2.16. The third kappa shape index (κ3) is 3.48. The quantitative estimate of drug-likeness (QED) is 0.759. The van der Waals surface area contributed by atoms with Gasteiger partial charge in [-0.05, 0) is 19.3 Å². The molecule has 0 spiro atoms. The van der Waals surface area contributed by atoms with Gasteiger partial charge in [0.2, 0.25) is 11.7 Å². The van der Waals surface area contributed by atoms with Gasteiger partial charge in [-0.25, -0.2) is 4.98 Å². The lowest BCUT2D eigenvalue weighted by molar-refractivity contribution is -0.146. The van der Waals surface area contributed by atoms with E-state index in [1.807, 2.05) is 20.9 Å². The molecule has 2 heterocycles. The molecule has 2 aromatic heterocycles. The molecule has 21 heavy (non-hydrogen) atoms. The minimum atomic E-state index is -0.528. The summed E-state index contributed by atoms with van der Waals surface area (Å²) in [6.07, 6.45) is 3.91. The molecular weight excluding hydrogens is 272 g/mol. The Labute approximate surface area is 123 Å². The Morgan fingerprint density at radius 2 is 2.24 bits per heavy atom. The first-order valence-electron chi connectivity index (χ1n) is 6.99. The number of aryl methyl sites for hydroxylation is 1. The second kappa shape index (κ2) is 6.51. The van der Waals surface area contributed by atoms with Gasteiger partial charge in [-0.2, -0.15) is 4.98 Å². The highest BCUT2D eigenvalue weighted by Crippen LogP contribution is 2.26. The van der Waals surface area contributed by atoms with Crippen LogP contribution < -0.4 is 0 Å². The molecule has 0 bridgehead atoms. The van der Waals surface area contributed by atoms with Crippen molar-refractivity contribution in [3.05, 3.63) is 18.4 Å². The van der Waals surface area contributed by atoms with Crippen LogP contribution in [0.1, 0.15) is 39.0 Å². The Hall–Kier alpha value is -2.18. The van der Waals surface area contributed by atoms with Gasteiger partial charge in [0.05, 0.1) is 19.1 Å². The number of rotatable bonds is 6. The number of imidazole rings is 1. The van der Waals surface area contributed by atoms with Crippen LogP contribution in [-0.4, -0.2) is 32.3 Å². The molecule has 0 fully saturated rings.